The predicted octanol–water partition coefficient (Wildman–Crippen LogP) is 1.78. The Morgan fingerprint density at radius 1 is 1.38 bits per heavy atom. The molecule has 1 aromatic carbocycles. The average molecular weight is 393 g/mol. The second-order valence-corrected chi connectivity index (χ2v) is 8.72. The molecule has 1 aromatic heterocycles. The van der Waals surface area contributed by atoms with Gasteiger partial charge in [0.1, 0.15) is 11.6 Å². The zero-order valence-electron chi connectivity index (χ0n) is 17.1. The van der Waals surface area contributed by atoms with Gasteiger partial charge in [0.2, 0.25) is 5.91 Å². The monoisotopic (exact) mass is 392 g/mol. The molecule has 0 bridgehead atoms. The Morgan fingerprint density at radius 2 is 2.17 bits per heavy atom. The Bertz CT molecular complexity index is 954. The molecule has 2 N–H and O–H groups in total. The number of hydrogen-bond donors (Lipinski definition) is 2. The van der Waals surface area contributed by atoms with Gasteiger partial charge in [-0.05, 0) is 50.9 Å². The normalized spacial score (nSPS) is 27.6. The van der Waals surface area contributed by atoms with Gasteiger partial charge in [-0.3, -0.25) is 14.8 Å². The molecule has 29 heavy (non-hydrogen) atoms. The van der Waals surface area contributed by atoms with Crippen molar-refractivity contribution in [3.05, 3.63) is 35.7 Å². The highest BCUT2D eigenvalue weighted by Crippen LogP contribution is 2.35. The van der Waals surface area contributed by atoms with Crippen LogP contribution in [0.3, 0.4) is 0 Å². The lowest BCUT2D eigenvalue weighted by Gasteiger charge is -2.42. The van der Waals surface area contributed by atoms with Gasteiger partial charge >= 0.3 is 0 Å². The molecule has 3 atom stereocenters. The van der Waals surface area contributed by atoms with Crippen molar-refractivity contribution in [1.29, 1.82) is 5.26 Å². The second kappa shape index (κ2) is 8.05. The lowest BCUT2D eigenvalue weighted by molar-refractivity contribution is -0.124. The van der Waals surface area contributed by atoms with E-state index in [1.807, 2.05) is 6.07 Å². The first-order valence-electron chi connectivity index (χ1n) is 10.4. The molecule has 0 radical (unpaired) electrons. The SMILES string of the molecule is C[C@@H]1CNC[C@](NC(=O)CC2CCN(C)C2)(c2ccc(C#N)c3nccnc23)C1. The molecule has 7 nitrogen and oxygen atoms in total. The molecular formula is C22H28N6O. The van der Waals surface area contributed by atoms with E-state index in [1.165, 1.54) is 0 Å². The van der Waals surface area contributed by atoms with Crippen LogP contribution in [-0.4, -0.2) is 54.0 Å². The molecule has 2 aromatic rings. The maximum absolute atomic E-state index is 13.1. The predicted molar refractivity (Wildman–Crippen MR) is 111 cm³/mol. The van der Waals surface area contributed by atoms with E-state index in [1.54, 1.807) is 18.5 Å². The quantitative estimate of drug-likeness (QED) is 0.824. The Hall–Kier alpha value is -2.56. The molecule has 2 aliphatic heterocycles. The van der Waals surface area contributed by atoms with Crippen LogP contribution in [0.25, 0.3) is 11.0 Å². The Balaban J connectivity index is 1.70. The summed E-state index contributed by atoms with van der Waals surface area (Å²) in [4.78, 5) is 24.3. The number of hydrogen-bond acceptors (Lipinski definition) is 6. The van der Waals surface area contributed by atoms with Gasteiger partial charge in [0.15, 0.2) is 0 Å². The molecule has 3 heterocycles. The maximum atomic E-state index is 13.1. The van der Waals surface area contributed by atoms with E-state index < -0.39 is 5.54 Å². The van der Waals surface area contributed by atoms with Crippen LogP contribution in [0.5, 0.6) is 0 Å². The summed E-state index contributed by atoms with van der Waals surface area (Å²) in [5.74, 6) is 0.898. The fourth-order valence-electron chi connectivity index (χ4n) is 4.95. The lowest BCUT2D eigenvalue weighted by atomic mass is 9.77. The number of fused-ring (bicyclic) bond motifs is 1. The summed E-state index contributed by atoms with van der Waals surface area (Å²) < 4.78 is 0. The van der Waals surface area contributed by atoms with Crippen molar-refractivity contribution in [1.82, 2.24) is 25.5 Å². The van der Waals surface area contributed by atoms with Crippen molar-refractivity contribution < 1.29 is 4.79 Å². The number of carbonyl (C=O) groups is 1. The zero-order chi connectivity index (χ0) is 20.4. The zero-order valence-corrected chi connectivity index (χ0v) is 17.1. The summed E-state index contributed by atoms with van der Waals surface area (Å²) in [6.45, 7) is 5.78. The third-order valence-corrected chi connectivity index (χ3v) is 6.22. The van der Waals surface area contributed by atoms with Crippen LogP contribution in [0.4, 0.5) is 0 Å². The molecule has 2 saturated heterocycles. The largest absolute Gasteiger partial charge is 0.345 e. The van der Waals surface area contributed by atoms with Crippen LogP contribution in [0.1, 0.15) is 37.3 Å². The Morgan fingerprint density at radius 3 is 2.86 bits per heavy atom. The standard InChI is InChI=1S/C22H28N6O/c1-15-10-22(14-24-12-15,27-19(29)9-16-5-8-28(2)13-16)18-4-3-17(11-23)20-21(18)26-7-6-25-20/h3-4,6-7,15-16,24H,5,8-10,12-14H2,1-2H3,(H,27,29)/t15-,16?,22-/m0/s1. The molecule has 2 aliphatic rings. The van der Waals surface area contributed by atoms with Crippen molar-refractivity contribution >= 4 is 16.9 Å². The van der Waals surface area contributed by atoms with Crippen LogP contribution < -0.4 is 10.6 Å². The number of amides is 1. The number of piperidine rings is 1. The summed E-state index contributed by atoms with van der Waals surface area (Å²) in [5, 5.41) is 16.3. The van der Waals surface area contributed by atoms with E-state index in [0.717, 1.165) is 38.0 Å². The molecule has 1 amide bonds. The van der Waals surface area contributed by atoms with Gasteiger partial charge < -0.3 is 15.5 Å². The number of aromatic nitrogens is 2. The first-order valence-corrected chi connectivity index (χ1v) is 10.4. The number of nitrogens with zero attached hydrogens (tertiary/aromatic N) is 4. The maximum Gasteiger partial charge on any atom is 0.221 e. The number of nitriles is 1. The molecule has 0 aliphatic carbocycles. The van der Waals surface area contributed by atoms with E-state index in [4.69, 9.17) is 0 Å². The molecule has 1 unspecified atom stereocenters. The van der Waals surface area contributed by atoms with Gasteiger partial charge in [-0.1, -0.05) is 13.0 Å². The van der Waals surface area contributed by atoms with Crippen molar-refractivity contribution in [3.8, 4) is 6.07 Å². The van der Waals surface area contributed by atoms with Gasteiger partial charge in [-0.25, -0.2) is 0 Å². The Kier molecular flexibility index (Phi) is 5.48. The van der Waals surface area contributed by atoms with E-state index in [0.29, 0.717) is 41.4 Å². The summed E-state index contributed by atoms with van der Waals surface area (Å²) in [7, 11) is 2.10. The Labute approximate surface area is 171 Å². The minimum Gasteiger partial charge on any atom is -0.345 e. The topological polar surface area (TPSA) is 93.9 Å². The third-order valence-electron chi connectivity index (χ3n) is 6.22. The smallest absolute Gasteiger partial charge is 0.221 e. The molecule has 4 rings (SSSR count). The van der Waals surface area contributed by atoms with Crippen molar-refractivity contribution in [2.45, 2.75) is 31.7 Å². The van der Waals surface area contributed by atoms with Crippen LogP contribution in [0.15, 0.2) is 24.5 Å². The summed E-state index contributed by atoms with van der Waals surface area (Å²) in [5.41, 5.74) is 2.18. The fourth-order valence-corrected chi connectivity index (χ4v) is 4.95. The van der Waals surface area contributed by atoms with E-state index in [-0.39, 0.29) is 5.91 Å². The van der Waals surface area contributed by atoms with Gasteiger partial charge in [0.05, 0.1) is 16.6 Å². The fraction of sp³-hybridized carbons (Fsp3) is 0.545. The van der Waals surface area contributed by atoms with Crippen LogP contribution >= 0.6 is 0 Å². The average Bonchev–Trinajstić information content (AvgIpc) is 3.11. The van der Waals surface area contributed by atoms with Gasteiger partial charge in [0.25, 0.3) is 0 Å². The van der Waals surface area contributed by atoms with Gasteiger partial charge in [-0.2, -0.15) is 5.26 Å². The van der Waals surface area contributed by atoms with Crippen LogP contribution in [0.2, 0.25) is 0 Å². The molecule has 0 spiro atoms. The number of benzene rings is 1. The number of carbonyl (C=O) groups excluding carboxylic acids is 1. The highest BCUT2D eigenvalue weighted by Gasteiger charge is 2.40. The molecule has 152 valence electrons. The summed E-state index contributed by atoms with van der Waals surface area (Å²) in [6, 6.07) is 5.94. The first-order chi connectivity index (χ1) is 14.0. The molecule has 2 fully saturated rings. The minimum absolute atomic E-state index is 0.0857. The summed E-state index contributed by atoms with van der Waals surface area (Å²) in [6.07, 6.45) is 5.69. The lowest BCUT2D eigenvalue weighted by Crippen LogP contribution is -2.57. The van der Waals surface area contributed by atoms with Gasteiger partial charge in [-0.15, -0.1) is 0 Å². The van der Waals surface area contributed by atoms with E-state index in [2.05, 4.69) is 45.5 Å². The number of likely N-dealkylation sites (tertiary alicyclic amines) is 1. The number of rotatable bonds is 4. The molecule has 7 heteroatoms. The minimum atomic E-state index is -0.554. The summed E-state index contributed by atoms with van der Waals surface area (Å²) >= 11 is 0. The van der Waals surface area contributed by atoms with E-state index >= 15 is 0 Å². The van der Waals surface area contributed by atoms with Crippen molar-refractivity contribution in [2.75, 3.05) is 33.2 Å². The van der Waals surface area contributed by atoms with Crippen molar-refractivity contribution in [2.24, 2.45) is 11.8 Å². The van der Waals surface area contributed by atoms with Gasteiger partial charge in [0, 0.05) is 37.5 Å². The molecule has 0 saturated carbocycles. The number of nitrogens with one attached hydrogen (secondary N) is 2. The molecular weight excluding hydrogens is 364 g/mol. The van der Waals surface area contributed by atoms with Crippen molar-refractivity contribution in [3.63, 3.8) is 0 Å². The third kappa shape index (κ3) is 3.96. The highest BCUT2D eigenvalue weighted by atomic mass is 16.1. The van der Waals surface area contributed by atoms with Crippen LogP contribution in [0, 0.1) is 23.2 Å². The first kappa shape index (κ1) is 19.7. The second-order valence-electron chi connectivity index (χ2n) is 8.72. The highest BCUT2D eigenvalue weighted by molar-refractivity contribution is 5.86. The van der Waals surface area contributed by atoms with E-state index in [9.17, 15) is 10.1 Å². The van der Waals surface area contributed by atoms with Crippen LogP contribution in [-0.2, 0) is 10.3 Å².